The van der Waals surface area contributed by atoms with Crippen LogP contribution in [0.2, 0.25) is 0 Å². The van der Waals surface area contributed by atoms with Gasteiger partial charge in [-0.1, -0.05) is 8.67 Å². The Labute approximate surface area is 114 Å². The SMILES string of the molecule is CC[N+](CC)(CC)CC.O=S(=O)([O-])OOS(=O)(=O)O. The van der Waals surface area contributed by atoms with Crippen LogP contribution < -0.4 is 0 Å². The Hall–Kier alpha value is -0.300. The normalized spacial score (nSPS) is 12.7. The molecule has 0 unspecified atom stereocenters. The molecular weight excluding hydrogens is 302 g/mol. The van der Waals surface area contributed by atoms with E-state index < -0.39 is 20.8 Å². The zero-order chi connectivity index (χ0) is 15.7. The highest BCUT2D eigenvalue weighted by Gasteiger charge is 2.16. The average molecular weight is 323 g/mol. The largest absolute Gasteiger partial charge is 0.724 e. The molecule has 0 saturated heterocycles. The van der Waals surface area contributed by atoms with E-state index in [1.54, 1.807) is 0 Å². The highest BCUT2D eigenvalue weighted by atomic mass is 32.3. The van der Waals surface area contributed by atoms with E-state index in [1.807, 2.05) is 0 Å². The zero-order valence-corrected chi connectivity index (χ0v) is 13.0. The van der Waals surface area contributed by atoms with Gasteiger partial charge in [-0.15, -0.1) is 0 Å². The highest BCUT2D eigenvalue weighted by molar-refractivity contribution is 7.83. The Balaban J connectivity index is 0. The summed E-state index contributed by atoms with van der Waals surface area (Å²) in [4.78, 5) is 0. The van der Waals surface area contributed by atoms with Crippen molar-refractivity contribution in [3.8, 4) is 0 Å². The van der Waals surface area contributed by atoms with Gasteiger partial charge in [0.25, 0.3) is 0 Å². The van der Waals surface area contributed by atoms with Crippen molar-refractivity contribution >= 4 is 20.8 Å². The smallest absolute Gasteiger partial charge is 0.425 e. The Kier molecular flexibility index (Phi) is 9.72. The van der Waals surface area contributed by atoms with Crippen LogP contribution in [0.15, 0.2) is 0 Å². The molecule has 118 valence electrons. The number of rotatable bonds is 7. The molecule has 0 fully saturated rings. The summed E-state index contributed by atoms with van der Waals surface area (Å²) in [6.45, 7) is 14.2. The van der Waals surface area contributed by atoms with Crippen LogP contribution in [0.5, 0.6) is 0 Å². The Morgan fingerprint density at radius 1 is 0.895 bits per heavy atom. The summed E-state index contributed by atoms with van der Waals surface area (Å²) in [6.07, 6.45) is 0. The number of quaternary nitrogens is 1. The lowest BCUT2D eigenvalue weighted by atomic mass is 10.3. The molecule has 0 bridgehead atoms. The van der Waals surface area contributed by atoms with E-state index in [2.05, 4.69) is 36.4 Å². The van der Waals surface area contributed by atoms with Crippen molar-refractivity contribution in [3.63, 3.8) is 0 Å². The van der Waals surface area contributed by atoms with E-state index in [4.69, 9.17) is 4.55 Å². The van der Waals surface area contributed by atoms with Crippen molar-refractivity contribution in [3.05, 3.63) is 0 Å². The molecule has 0 aliphatic rings. The lowest BCUT2D eigenvalue weighted by Crippen LogP contribution is -2.47. The summed E-state index contributed by atoms with van der Waals surface area (Å²) < 4.78 is 61.4. The standard InChI is InChI=1S/C8H20N.H2O8S2/c1-5-9(6-2,7-3)8-4;1-9(2,3)7-8-10(4,5)6/h5-8H2,1-4H3;(H,1,2,3)(H,4,5,6)/q+1;/p-1. The maximum atomic E-state index is 9.48. The molecular formula is C8H21NO8S2. The molecule has 0 aromatic heterocycles. The second-order valence-electron chi connectivity index (χ2n) is 3.58. The van der Waals surface area contributed by atoms with Crippen molar-refractivity contribution in [2.75, 3.05) is 26.2 Å². The molecule has 0 amide bonds. The molecule has 0 aliphatic heterocycles. The summed E-state index contributed by atoms with van der Waals surface area (Å²) >= 11 is 0. The average Bonchev–Trinajstić information content (AvgIpc) is 2.30. The molecule has 11 heteroatoms. The fraction of sp³-hybridized carbons (Fsp3) is 1.00. The Morgan fingerprint density at radius 2 is 1.21 bits per heavy atom. The van der Waals surface area contributed by atoms with Crippen molar-refractivity contribution in [2.45, 2.75) is 27.7 Å². The van der Waals surface area contributed by atoms with Gasteiger partial charge in [-0.3, -0.25) is 4.55 Å². The van der Waals surface area contributed by atoms with Crippen LogP contribution in [0, 0.1) is 0 Å². The fourth-order valence-corrected chi connectivity index (χ4v) is 1.96. The molecule has 0 spiro atoms. The minimum atomic E-state index is -5.27. The summed E-state index contributed by atoms with van der Waals surface area (Å²) in [6, 6.07) is 0. The van der Waals surface area contributed by atoms with E-state index in [-0.39, 0.29) is 0 Å². The number of nitrogens with zero attached hydrogens (tertiary/aromatic N) is 1. The van der Waals surface area contributed by atoms with Gasteiger partial charge in [0.15, 0.2) is 0 Å². The molecule has 0 radical (unpaired) electrons. The summed E-state index contributed by atoms with van der Waals surface area (Å²) in [5.41, 5.74) is 0. The van der Waals surface area contributed by atoms with E-state index in [9.17, 15) is 21.4 Å². The number of hydrogen-bond acceptors (Lipinski definition) is 7. The van der Waals surface area contributed by atoms with E-state index in [0.717, 1.165) is 0 Å². The predicted octanol–water partition coefficient (Wildman–Crippen LogP) is 0.0804. The number of hydrogen-bond donors (Lipinski definition) is 1. The minimum absolute atomic E-state index is 1.28. The summed E-state index contributed by atoms with van der Waals surface area (Å²) in [5.74, 6) is 0. The quantitative estimate of drug-likeness (QED) is 0.229. The monoisotopic (exact) mass is 323 g/mol. The van der Waals surface area contributed by atoms with Crippen LogP contribution in [-0.2, 0) is 29.5 Å². The molecule has 1 N–H and O–H groups in total. The molecule has 0 saturated carbocycles. The molecule has 19 heavy (non-hydrogen) atoms. The van der Waals surface area contributed by atoms with Gasteiger partial charge in [-0.2, -0.15) is 8.42 Å². The van der Waals surface area contributed by atoms with Crippen LogP contribution in [0.3, 0.4) is 0 Å². The second-order valence-corrected chi connectivity index (χ2v) is 5.52. The maximum absolute atomic E-state index is 9.48. The van der Waals surface area contributed by atoms with Gasteiger partial charge < -0.3 is 9.04 Å². The maximum Gasteiger partial charge on any atom is 0.425 e. The van der Waals surface area contributed by atoms with Gasteiger partial charge in [0.1, 0.15) is 0 Å². The van der Waals surface area contributed by atoms with Crippen molar-refractivity contribution < 1.29 is 39.1 Å². The van der Waals surface area contributed by atoms with Crippen LogP contribution in [0.4, 0.5) is 0 Å². The first-order valence-electron chi connectivity index (χ1n) is 5.61. The van der Waals surface area contributed by atoms with E-state index >= 15 is 0 Å². The molecule has 0 aliphatic carbocycles. The summed E-state index contributed by atoms with van der Waals surface area (Å²) in [7, 11) is -10.3. The van der Waals surface area contributed by atoms with Gasteiger partial charge in [-0.05, 0) is 27.7 Å². The summed E-state index contributed by atoms with van der Waals surface area (Å²) in [5, 5.41) is 0. The van der Waals surface area contributed by atoms with Crippen LogP contribution in [0.1, 0.15) is 27.7 Å². The Morgan fingerprint density at radius 3 is 1.26 bits per heavy atom. The molecule has 0 aromatic carbocycles. The molecule has 0 heterocycles. The fourth-order valence-electron chi connectivity index (χ4n) is 1.41. The van der Waals surface area contributed by atoms with Crippen molar-refractivity contribution in [2.24, 2.45) is 0 Å². The third-order valence-electron chi connectivity index (χ3n) is 2.88. The van der Waals surface area contributed by atoms with Gasteiger partial charge in [0, 0.05) is 0 Å². The minimum Gasteiger partial charge on any atom is -0.724 e. The molecule has 0 rings (SSSR count). The van der Waals surface area contributed by atoms with Gasteiger partial charge in [0.2, 0.25) is 10.4 Å². The second kappa shape index (κ2) is 8.79. The Bertz CT molecular complexity index is 376. The first-order valence-corrected chi connectivity index (χ1v) is 8.31. The van der Waals surface area contributed by atoms with Crippen LogP contribution >= 0.6 is 0 Å². The topological polar surface area (TPSA) is 130 Å². The molecule has 0 aromatic rings. The van der Waals surface area contributed by atoms with Crippen molar-refractivity contribution in [1.82, 2.24) is 0 Å². The molecule has 9 nitrogen and oxygen atoms in total. The van der Waals surface area contributed by atoms with E-state index in [0.29, 0.717) is 0 Å². The third-order valence-corrected chi connectivity index (χ3v) is 3.44. The lowest BCUT2D eigenvalue weighted by molar-refractivity contribution is -0.921. The molecule has 0 atom stereocenters. The zero-order valence-electron chi connectivity index (χ0n) is 11.4. The lowest BCUT2D eigenvalue weighted by Gasteiger charge is -2.34. The third kappa shape index (κ3) is 12.5. The highest BCUT2D eigenvalue weighted by Crippen LogP contribution is 2.03. The first-order chi connectivity index (χ1) is 8.45. The van der Waals surface area contributed by atoms with Gasteiger partial charge >= 0.3 is 10.4 Å². The first kappa shape index (κ1) is 21.0. The van der Waals surface area contributed by atoms with Crippen LogP contribution in [-0.4, -0.2) is 56.6 Å². The van der Waals surface area contributed by atoms with Crippen molar-refractivity contribution in [1.29, 1.82) is 0 Å². The predicted molar refractivity (Wildman–Crippen MR) is 65.8 cm³/mol. The van der Waals surface area contributed by atoms with Gasteiger partial charge in [0.05, 0.1) is 26.2 Å². The van der Waals surface area contributed by atoms with Gasteiger partial charge in [-0.25, -0.2) is 8.42 Å². The van der Waals surface area contributed by atoms with E-state index in [1.165, 1.54) is 30.7 Å². The van der Waals surface area contributed by atoms with Crippen LogP contribution in [0.25, 0.3) is 0 Å².